The summed E-state index contributed by atoms with van der Waals surface area (Å²) in [6.07, 6.45) is 4.03. The molecule has 0 bridgehead atoms. The van der Waals surface area contributed by atoms with Gasteiger partial charge in [0.15, 0.2) is 0 Å². The number of aromatic nitrogens is 1. The molecule has 0 radical (unpaired) electrons. The molecule has 0 saturated carbocycles. The SMILES string of the molecule is CCc1ccc(S(=O)(=O)N2CCC3(CCCN(Cc4c(C)noc4C)C3)C2)cc1. The summed E-state index contributed by atoms with van der Waals surface area (Å²) >= 11 is 0. The molecule has 7 heteroatoms. The van der Waals surface area contributed by atoms with Crippen molar-refractivity contribution in [2.24, 2.45) is 5.41 Å². The van der Waals surface area contributed by atoms with Crippen LogP contribution in [-0.2, 0) is 23.0 Å². The van der Waals surface area contributed by atoms with E-state index in [0.29, 0.717) is 18.0 Å². The number of nitrogens with zero attached hydrogens (tertiary/aromatic N) is 3. The van der Waals surface area contributed by atoms with Gasteiger partial charge in [-0.15, -0.1) is 0 Å². The fourth-order valence-electron chi connectivity index (χ4n) is 4.87. The Balaban J connectivity index is 1.47. The van der Waals surface area contributed by atoms with Crippen LogP contribution in [0.15, 0.2) is 33.7 Å². The minimum absolute atomic E-state index is 0.0493. The minimum atomic E-state index is -3.43. The van der Waals surface area contributed by atoms with Crippen molar-refractivity contribution in [2.45, 2.75) is 57.9 Å². The van der Waals surface area contributed by atoms with Crippen LogP contribution in [0.2, 0.25) is 0 Å². The maximum absolute atomic E-state index is 13.2. The molecule has 1 aromatic carbocycles. The molecule has 0 aliphatic carbocycles. The molecule has 2 saturated heterocycles. The van der Waals surface area contributed by atoms with E-state index in [1.54, 1.807) is 16.4 Å². The van der Waals surface area contributed by atoms with Crippen molar-refractivity contribution in [1.82, 2.24) is 14.4 Å². The maximum atomic E-state index is 13.2. The Morgan fingerprint density at radius 3 is 2.52 bits per heavy atom. The maximum Gasteiger partial charge on any atom is 0.243 e. The Morgan fingerprint density at radius 1 is 1.10 bits per heavy atom. The summed E-state index contributed by atoms with van der Waals surface area (Å²) in [5.74, 6) is 0.883. The average molecular weight is 418 g/mol. The lowest BCUT2D eigenvalue weighted by atomic mass is 9.79. The normalized spacial score (nSPS) is 23.8. The van der Waals surface area contributed by atoms with Gasteiger partial charge in [-0.3, -0.25) is 4.90 Å². The molecule has 6 nitrogen and oxygen atoms in total. The standard InChI is InChI=1S/C22H31N3O3S/c1-4-19-6-8-20(9-7-19)29(26,27)25-13-11-22(16-25)10-5-12-24(15-22)14-21-17(2)23-28-18(21)3/h6-9H,4-5,10-16H2,1-3H3. The topological polar surface area (TPSA) is 66.7 Å². The second kappa shape index (κ2) is 7.85. The van der Waals surface area contributed by atoms with Gasteiger partial charge in [-0.25, -0.2) is 8.42 Å². The highest BCUT2D eigenvalue weighted by Crippen LogP contribution is 2.41. The largest absolute Gasteiger partial charge is 0.361 e. The smallest absolute Gasteiger partial charge is 0.243 e. The van der Waals surface area contributed by atoms with Gasteiger partial charge in [-0.1, -0.05) is 24.2 Å². The van der Waals surface area contributed by atoms with Crippen LogP contribution in [0.5, 0.6) is 0 Å². The van der Waals surface area contributed by atoms with Crippen molar-refractivity contribution >= 4 is 10.0 Å². The first kappa shape index (κ1) is 20.6. The van der Waals surface area contributed by atoms with Crippen LogP contribution in [0.4, 0.5) is 0 Å². The molecule has 4 rings (SSSR count). The van der Waals surface area contributed by atoms with E-state index in [1.807, 2.05) is 26.0 Å². The van der Waals surface area contributed by atoms with Gasteiger partial charge in [0.25, 0.3) is 0 Å². The molecule has 29 heavy (non-hydrogen) atoms. The highest BCUT2D eigenvalue weighted by Gasteiger charge is 2.45. The summed E-state index contributed by atoms with van der Waals surface area (Å²) in [7, 11) is -3.43. The zero-order chi connectivity index (χ0) is 20.6. The lowest BCUT2D eigenvalue weighted by Gasteiger charge is -2.40. The van der Waals surface area contributed by atoms with Gasteiger partial charge >= 0.3 is 0 Å². The van der Waals surface area contributed by atoms with Gasteiger partial charge in [0, 0.05) is 31.7 Å². The minimum Gasteiger partial charge on any atom is -0.361 e. The van der Waals surface area contributed by atoms with Crippen molar-refractivity contribution in [3.63, 3.8) is 0 Å². The molecule has 1 spiro atoms. The number of benzene rings is 1. The Kier molecular flexibility index (Phi) is 5.57. The number of sulfonamides is 1. The molecule has 2 aromatic rings. The highest BCUT2D eigenvalue weighted by molar-refractivity contribution is 7.89. The molecule has 1 unspecified atom stereocenters. The van der Waals surface area contributed by atoms with Gasteiger partial charge in [0.2, 0.25) is 10.0 Å². The van der Waals surface area contributed by atoms with E-state index >= 15 is 0 Å². The zero-order valence-corrected chi connectivity index (χ0v) is 18.5. The highest BCUT2D eigenvalue weighted by atomic mass is 32.2. The molecule has 0 amide bonds. The van der Waals surface area contributed by atoms with Crippen molar-refractivity contribution < 1.29 is 12.9 Å². The second-order valence-corrected chi connectivity index (χ2v) is 10.6. The van der Waals surface area contributed by atoms with E-state index in [9.17, 15) is 8.42 Å². The third kappa shape index (κ3) is 4.00. The summed E-state index contributed by atoms with van der Waals surface area (Å²) in [6.45, 7) is 10.0. The fourth-order valence-corrected chi connectivity index (χ4v) is 6.43. The van der Waals surface area contributed by atoms with E-state index in [2.05, 4.69) is 17.0 Å². The van der Waals surface area contributed by atoms with E-state index < -0.39 is 10.0 Å². The van der Waals surface area contributed by atoms with Gasteiger partial charge in [-0.2, -0.15) is 4.31 Å². The molecule has 2 aliphatic rings. The number of rotatable bonds is 5. The van der Waals surface area contributed by atoms with E-state index in [-0.39, 0.29) is 5.41 Å². The summed E-state index contributed by atoms with van der Waals surface area (Å²) in [5.41, 5.74) is 3.33. The summed E-state index contributed by atoms with van der Waals surface area (Å²) in [4.78, 5) is 2.86. The first-order valence-corrected chi connectivity index (χ1v) is 12.0. The monoisotopic (exact) mass is 417 g/mol. The van der Waals surface area contributed by atoms with Crippen LogP contribution in [0, 0.1) is 19.3 Å². The molecule has 2 aliphatic heterocycles. The molecular formula is C22H31N3O3S. The summed E-state index contributed by atoms with van der Waals surface area (Å²) < 4.78 is 33.4. The molecule has 3 heterocycles. The van der Waals surface area contributed by atoms with E-state index in [0.717, 1.165) is 62.3 Å². The third-order valence-electron chi connectivity index (χ3n) is 6.68. The first-order valence-electron chi connectivity index (χ1n) is 10.6. The molecular weight excluding hydrogens is 386 g/mol. The van der Waals surface area contributed by atoms with Crippen LogP contribution in [0.1, 0.15) is 48.8 Å². The van der Waals surface area contributed by atoms with Crippen LogP contribution < -0.4 is 0 Å². The van der Waals surface area contributed by atoms with Crippen molar-refractivity contribution in [3.8, 4) is 0 Å². The molecule has 0 N–H and O–H groups in total. The number of likely N-dealkylation sites (tertiary alicyclic amines) is 1. The summed E-state index contributed by atoms with van der Waals surface area (Å²) in [6, 6.07) is 7.35. The number of hydrogen-bond donors (Lipinski definition) is 0. The van der Waals surface area contributed by atoms with Crippen LogP contribution >= 0.6 is 0 Å². The van der Waals surface area contributed by atoms with E-state index in [4.69, 9.17) is 4.52 Å². The Hall–Kier alpha value is -1.70. The molecule has 1 aromatic heterocycles. The van der Waals surface area contributed by atoms with Crippen molar-refractivity contribution in [3.05, 3.63) is 46.8 Å². The van der Waals surface area contributed by atoms with Gasteiger partial charge in [-0.05, 0) is 69.2 Å². The van der Waals surface area contributed by atoms with Crippen LogP contribution in [0.3, 0.4) is 0 Å². The predicted octanol–water partition coefficient (Wildman–Crippen LogP) is 3.53. The van der Waals surface area contributed by atoms with Crippen LogP contribution in [0.25, 0.3) is 0 Å². The van der Waals surface area contributed by atoms with E-state index in [1.165, 1.54) is 5.56 Å². The van der Waals surface area contributed by atoms with Crippen molar-refractivity contribution in [1.29, 1.82) is 0 Å². The lowest BCUT2D eigenvalue weighted by molar-refractivity contribution is 0.0930. The quantitative estimate of drug-likeness (QED) is 0.745. The molecule has 2 fully saturated rings. The first-order chi connectivity index (χ1) is 13.8. The fraction of sp³-hybridized carbons (Fsp3) is 0.591. The zero-order valence-electron chi connectivity index (χ0n) is 17.6. The summed E-state index contributed by atoms with van der Waals surface area (Å²) in [5, 5.41) is 4.07. The third-order valence-corrected chi connectivity index (χ3v) is 8.54. The van der Waals surface area contributed by atoms with Crippen LogP contribution in [-0.4, -0.2) is 49.0 Å². The Labute approximate surface area is 173 Å². The van der Waals surface area contributed by atoms with Gasteiger partial charge < -0.3 is 4.52 Å². The second-order valence-electron chi connectivity index (χ2n) is 8.70. The number of hydrogen-bond acceptors (Lipinski definition) is 5. The molecule has 1 atom stereocenters. The average Bonchev–Trinajstić information content (AvgIpc) is 3.27. The predicted molar refractivity (Wildman–Crippen MR) is 112 cm³/mol. The van der Waals surface area contributed by atoms with Gasteiger partial charge in [0.05, 0.1) is 10.6 Å². The van der Waals surface area contributed by atoms with Crippen molar-refractivity contribution in [2.75, 3.05) is 26.2 Å². The number of piperidine rings is 1. The van der Waals surface area contributed by atoms with Gasteiger partial charge in [0.1, 0.15) is 5.76 Å². The Morgan fingerprint density at radius 2 is 1.86 bits per heavy atom. The Bertz CT molecular complexity index is 948. The molecule has 158 valence electrons. The lowest BCUT2D eigenvalue weighted by Crippen LogP contribution is -2.45. The number of aryl methyl sites for hydroxylation is 3.